The summed E-state index contributed by atoms with van der Waals surface area (Å²) in [5.41, 5.74) is 10.6. The van der Waals surface area contributed by atoms with Crippen molar-refractivity contribution in [2.45, 2.75) is 45.1 Å². The molecule has 0 bridgehead atoms. The van der Waals surface area contributed by atoms with Gasteiger partial charge in [-0.3, -0.25) is 9.55 Å². The fourth-order valence-electron chi connectivity index (χ4n) is 4.64. The van der Waals surface area contributed by atoms with Gasteiger partial charge in [0.25, 0.3) is 5.82 Å². The number of ether oxygens (including phenoxy) is 2. The molecular weight excluding hydrogens is 455 g/mol. The van der Waals surface area contributed by atoms with Gasteiger partial charge in [-0.05, 0) is 56.0 Å². The van der Waals surface area contributed by atoms with E-state index >= 15 is 0 Å². The van der Waals surface area contributed by atoms with E-state index < -0.39 is 5.82 Å². The molecule has 1 aliphatic rings. The van der Waals surface area contributed by atoms with E-state index in [1.54, 1.807) is 24.4 Å². The fourth-order valence-corrected chi connectivity index (χ4v) is 4.64. The van der Waals surface area contributed by atoms with Gasteiger partial charge >= 0.3 is 0 Å². The number of halogens is 1. The number of anilines is 1. The number of aryl methyl sites for hydroxylation is 1. The lowest BCUT2D eigenvalue weighted by atomic mass is 9.99. The van der Waals surface area contributed by atoms with Gasteiger partial charge in [0.05, 0.1) is 11.9 Å². The molecule has 6 nitrogen and oxygen atoms in total. The van der Waals surface area contributed by atoms with Crippen LogP contribution in [0.2, 0.25) is 0 Å². The normalized spacial score (nSPS) is 13.5. The number of hydrogen-bond donors (Lipinski definition) is 1. The largest absolute Gasteiger partial charge is 0.489 e. The SMILES string of the molecule is [C-]#[N+]c1c(N)c(C2CCCC2)cn1-c1ccc(Oc2cc(F)cc(OCc3ccc(C)nc3)c2)cc1. The minimum Gasteiger partial charge on any atom is -0.489 e. The summed E-state index contributed by atoms with van der Waals surface area (Å²) in [6.07, 6.45) is 8.35. The van der Waals surface area contributed by atoms with Gasteiger partial charge in [-0.25, -0.2) is 4.39 Å². The molecule has 2 aromatic heterocycles. The molecule has 0 amide bonds. The Hall–Kier alpha value is -4.31. The smallest absolute Gasteiger partial charge is 0.258 e. The molecule has 5 rings (SSSR count). The third kappa shape index (κ3) is 5.03. The first-order valence-corrected chi connectivity index (χ1v) is 12.0. The molecule has 7 heteroatoms. The van der Waals surface area contributed by atoms with Crippen LogP contribution in [-0.4, -0.2) is 9.55 Å². The van der Waals surface area contributed by atoms with E-state index in [1.165, 1.54) is 25.0 Å². The summed E-state index contributed by atoms with van der Waals surface area (Å²) in [6, 6.07) is 15.4. The quantitative estimate of drug-likeness (QED) is 0.277. The number of nitrogen functional groups attached to an aromatic ring is 1. The minimum atomic E-state index is -0.454. The first-order chi connectivity index (χ1) is 17.5. The van der Waals surface area contributed by atoms with E-state index in [4.69, 9.17) is 21.8 Å². The lowest BCUT2D eigenvalue weighted by molar-refractivity contribution is 0.302. The molecule has 36 heavy (non-hydrogen) atoms. The molecule has 0 atom stereocenters. The molecule has 0 saturated heterocycles. The monoisotopic (exact) mass is 482 g/mol. The van der Waals surface area contributed by atoms with Crippen LogP contribution in [0, 0.1) is 19.3 Å². The molecule has 0 spiro atoms. The summed E-state index contributed by atoms with van der Waals surface area (Å²) in [5.74, 6) is 1.63. The maximum absolute atomic E-state index is 14.2. The van der Waals surface area contributed by atoms with Crippen molar-refractivity contribution in [1.29, 1.82) is 0 Å². The Morgan fingerprint density at radius 2 is 1.81 bits per heavy atom. The molecule has 0 unspecified atom stereocenters. The lowest BCUT2D eigenvalue weighted by Crippen LogP contribution is -1.97. The summed E-state index contributed by atoms with van der Waals surface area (Å²) in [6.45, 7) is 9.83. The van der Waals surface area contributed by atoms with E-state index in [2.05, 4.69) is 9.83 Å². The Labute approximate surface area is 209 Å². The van der Waals surface area contributed by atoms with Gasteiger partial charge < -0.3 is 20.1 Å². The molecule has 2 aromatic carbocycles. The van der Waals surface area contributed by atoms with Crippen molar-refractivity contribution in [2.24, 2.45) is 0 Å². The van der Waals surface area contributed by atoms with Crippen LogP contribution in [-0.2, 0) is 6.61 Å². The van der Waals surface area contributed by atoms with Gasteiger partial charge in [0.15, 0.2) is 0 Å². The second-order valence-corrected chi connectivity index (χ2v) is 9.10. The van der Waals surface area contributed by atoms with Crippen LogP contribution in [0.15, 0.2) is 67.0 Å². The second-order valence-electron chi connectivity index (χ2n) is 9.10. The van der Waals surface area contributed by atoms with Crippen molar-refractivity contribution >= 4 is 11.5 Å². The number of hydrogen-bond acceptors (Lipinski definition) is 4. The van der Waals surface area contributed by atoms with Crippen LogP contribution >= 0.6 is 0 Å². The fraction of sp³-hybridized carbons (Fsp3) is 0.241. The Morgan fingerprint density at radius 1 is 1.06 bits per heavy atom. The van der Waals surface area contributed by atoms with Gasteiger partial charge in [0, 0.05) is 41.2 Å². The molecule has 2 N–H and O–H groups in total. The highest BCUT2D eigenvalue weighted by Gasteiger charge is 2.25. The maximum atomic E-state index is 14.2. The molecule has 2 heterocycles. The first-order valence-electron chi connectivity index (χ1n) is 12.0. The number of aromatic nitrogens is 2. The van der Waals surface area contributed by atoms with Crippen LogP contribution in [0.4, 0.5) is 15.9 Å². The number of rotatable bonds is 7. The minimum absolute atomic E-state index is 0.275. The average Bonchev–Trinajstić information content (AvgIpc) is 3.51. The van der Waals surface area contributed by atoms with Crippen LogP contribution in [0.25, 0.3) is 10.5 Å². The highest BCUT2D eigenvalue weighted by atomic mass is 19.1. The Morgan fingerprint density at radius 3 is 2.50 bits per heavy atom. The standard InChI is InChI=1S/C29H27FN4O2/c1-19-7-8-20(16-33-19)18-35-25-13-22(30)14-26(15-25)36-24-11-9-23(10-12-24)34-17-27(21-5-3-4-6-21)28(31)29(34)32-2/h7-17,21H,3-6,18,31H2,1H3. The zero-order chi connectivity index (χ0) is 25.1. The van der Waals surface area contributed by atoms with Crippen LogP contribution in [0.5, 0.6) is 17.2 Å². The van der Waals surface area contributed by atoms with E-state index in [9.17, 15) is 4.39 Å². The summed E-state index contributed by atoms with van der Waals surface area (Å²) >= 11 is 0. The third-order valence-corrected chi connectivity index (χ3v) is 6.52. The lowest BCUT2D eigenvalue weighted by Gasteiger charge is -2.11. The summed E-state index contributed by atoms with van der Waals surface area (Å²) in [7, 11) is 0. The Kier molecular flexibility index (Phi) is 6.59. The molecule has 1 saturated carbocycles. The van der Waals surface area contributed by atoms with Crippen molar-refractivity contribution in [3.8, 4) is 22.9 Å². The highest BCUT2D eigenvalue weighted by molar-refractivity contribution is 5.72. The van der Waals surface area contributed by atoms with Crippen molar-refractivity contribution in [3.05, 3.63) is 101 Å². The third-order valence-electron chi connectivity index (χ3n) is 6.52. The predicted octanol–water partition coefficient (Wildman–Crippen LogP) is 7.48. The molecule has 4 aromatic rings. The number of benzene rings is 2. The van der Waals surface area contributed by atoms with E-state index in [0.29, 0.717) is 34.7 Å². The van der Waals surface area contributed by atoms with Crippen LogP contribution in [0.3, 0.4) is 0 Å². The number of nitrogens with zero attached hydrogens (tertiary/aromatic N) is 3. The van der Waals surface area contributed by atoms with Gasteiger partial charge in [-0.2, -0.15) is 0 Å². The van der Waals surface area contributed by atoms with Gasteiger partial charge in [0.2, 0.25) is 0 Å². The Balaban J connectivity index is 1.31. The van der Waals surface area contributed by atoms with Crippen molar-refractivity contribution in [1.82, 2.24) is 9.55 Å². The first kappa shape index (κ1) is 23.4. The zero-order valence-corrected chi connectivity index (χ0v) is 20.1. The van der Waals surface area contributed by atoms with Gasteiger partial charge in [-0.15, -0.1) is 0 Å². The maximum Gasteiger partial charge on any atom is 0.258 e. The molecule has 1 aliphatic carbocycles. The number of pyridine rings is 1. The van der Waals surface area contributed by atoms with Gasteiger partial charge in [0.1, 0.15) is 35.4 Å². The van der Waals surface area contributed by atoms with Gasteiger partial charge in [-0.1, -0.05) is 25.5 Å². The molecule has 0 aliphatic heterocycles. The second kappa shape index (κ2) is 10.1. The summed E-state index contributed by atoms with van der Waals surface area (Å²) in [5, 5.41) is 0. The predicted molar refractivity (Wildman–Crippen MR) is 137 cm³/mol. The summed E-state index contributed by atoms with van der Waals surface area (Å²) < 4.78 is 27.7. The molecular formula is C29H27FN4O2. The topological polar surface area (TPSA) is 66.7 Å². The Bertz CT molecular complexity index is 1400. The van der Waals surface area contributed by atoms with Crippen molar-refractivity contribution in [3.63, 3.8) is 0 Å². The molecule has 182 valence electrons. The van der Waals surface area contributed by atoms with Crippen LogP contribution < -0.4 is 15.2 Å². The number of nitrogens with two attached hydrogens (primary N) is 1. The highest BCUT2D eigenvalue weighted by Crippen LogP contribution is 2.42. The molecule has 1 fully saturated rings. The van der Waals surface area contributed by atoms with E-state index in [1.807, 2.05) is 42.0 Å². The molecule has 0 radical (unpaired) electrons. The van der Waals surface area contributed by atoms with Crippen LogP contribution in [0.1, 0.15) is 48.4 Å². The summed E-state index contributed by atoms with van der Waals surface area (Å²) in [4.78, 5) is 7.93. The van der Waals surface area contributed by atoms with E-state index in [-0.39, 0.29) is 6.61 Å². The van der Waals surface area contributed by atoms with Crippen molar-refractivity contribution < 1.29 is 13.9 Å². The van der Waals surface area contributed by atoms with Crippen molar-refractivity contribution in [2.75, 3.05) is 5.73 Å². The zero-order valence-electron chi connectivity index (χ0n) is 20.1. The average molecular weight is 483 g/mol. The van der Waals surface area contributed by atoms with E-state index in [0.717, 1.165) is 35.3 Å².